The highest BCUT2D eigenvalue weighted by atomic mass is 35.5. The SMILES string of the molecule is CC(c1ccc(S(C)=O)cc1)N(C)S(=O)(=O)C1(Cl)CC1. The van der Waals surface area contributed by atoms with Gasteiger partial charge in [-0.3, -0.25) is 4.21 Å². The van der Waals surface area contributed by atoms with Crippen molar-refractivity contribution in [3.05, 3.63) is 29.8 Å². The van der Waals surface area contributed by atoms with Crippen molar-refractivity contribution in [2.45, 2.75) is 34.9 Å². The molecule has 0 radical (unpaired) electrons. The first-order chi connectivity index (χ1) is 9.19. The summed E-state index contributed by atoms with van der Waals surface area (Å²) in [6, 6.07) is 6.82. The van der Waals surface area contributed by atoms with Crippen molar-refractivity contribution in [1.82, 2.24) is 4.31 Å². The first kappa shape index (κ1) is 15.9. The van der Waals surface area contributed by atoms with E-state index >= 15 is 0 Å². The van der Waals surface area contributed by atoms with Crippen LogP contribution in [0.3, 0.4) is 0 Å². The van der Waals surface area contributed by atoms with Crippen molar-refractivity contribution in [3.8, 4) is 0 Å². The summed E-state index contributed by atoms with van der Waals surface area (Å²) in [6.45, 7) is 1.82. The first-order valence-electron chi connectivity index (χ1n) is 6.29. The lowest BCUT2D eigenvalue weighted by Gasteiger charge is -2.27. The number of halogens is 1. The maximum absolute atomic E-state index is 12.3. The number of nitrogens with zero attached hydrogens (tertiary/aromatic N) is 1. The van der Waals surface area contributed by atoms with Crippen LogP contribution in [0.2, 0.25) is 0 Å². The molecule has 7 heteroatoms. The molecule has 2 atom stereocenters. The highest BCUT2D eigenvalue weighted by Gasteiger charge is 2.55. The maximum atomic E-state index is 12.3. The Morgan fingerprint density at radius 1 is 1.30 bits per heavy atom. The van der Waals surface area contributed by atoms with Gasteiger partial charge in [0.25, 0.3) is 0 Å². The number of hydrogen-bond acceptors (Lipinski definition) is 3. The molecule has 1 fully saturated rings. The van der Waals surface area contributed by atoms with Crippen LogP contribution < -0.4 is 0 Å². The zero-order chi connectivity index (χ0) is 15.1. The van der Waals surface area contributed by atoms with E-state index in [0.29, 0.717) is 12.8 Å². The van der Waals surface area contributed by atoms with Gasteiger partial charge in [-0.1, -0.05) is 12.1 Å². The predicted molar refractivity (Wildman–Crippen MR) is 81.7 cm³/mol. The fourth-order valence-corrected chi connectivity index (χ4v) is 4.58. The van der Waals surface area contributed by atoms with E-state index in [-0.39, 0.29) is 6.04 Å². The van der Waals surface area contributed by atoms with E-state index in [1.54, 1.807) is 37.6 Å². The van der Waals surface area contributed by atoms with Gasteiger partial charge >= 0.3 is 0 Å². The van der Waals surface area contributed by atoms with Gasteiger partial charge in [-0.15, -0.1) is 11.6 Å². The molecule has 0 bridgehead atoms. The van der Waals surface area contributed by atoms with E-state index in [2.05, 4.69) is 0 Å². The Bertz CT molecular complexity index is 624. The molecule has 112 valence electrons. The Hall–Kier alpha value is -0.430. The Morgan fingerprint density at radius 3 is 2.20 bits per heavy atom. The van der Waals surface area contributed by atoms with E-state index < -0.39 is 25.0 Å². The number of alkyl halides is 1. The molecule has 2 rings (SSSR count). The van der Waals surface area contributed by atoms with Gasteiger partial charge in [-0.05, 0) is 37.5 Å². The molecule has 0 heterocycles. The van der Waals surface area contributed by atoms with Gasteiger partial charge in [0, 0.05) is 35.0 Å². The third-order valence-corrected chi connectivity index (χ3v) is 8.03. The van der Waals surface area contributed by atoms with Crippen molar-refractivity contribution in [3.63, 3.8) is 0 Å². The van der Waals surface area contributed by atoms with Crippen LogP contribution in [0, 0.1) is 0 Å². The summed E-state index contributed by atoms with van der Waals surface area (Å²) in [6.07, 6.45) is 2.61. The molecule has 0 amide bonds. The summed E-state index contributed by atoms with van der Waals surface area (Å²) in [5.41, 5.74) is 0.853. The third kappa shape index (κ3) is 2.79. The lowest BCUT2D eigenvalue weighted by atomic mass is 10.1. The van der Waals surface area contributed by atoms with Gasteiger partial charge in [0.2, 0.25) is 10.0 Å². The molecule has 4 nitrogen and oxygen atoms in total. The maximum Gasteiger partial charge on any atom is 0.234 e. The molecule has 1 aliphatic carbocycles. The summed E-state index contributed by atoms with van der Waals surface area (Å²) in [5, 5.41) is 0. The average Bonchev–Trinajstić information content (AvgIpc) is 3.17. The van der Waals surface area contributed by atoms with Gasteiger partial charge in [-0.25, -0.2) is 8.42 Å². The van der Waals surface area contributed by atoms with Crippen molar-refractivity contribution >= 4 is 32.4 Å². The second-order valence-electron chi connectivity index (χ2n) is 5.10. The van der Waals surface area contributed by atoms with Crippen LogP contribution in [0.1, 0.15) is 31.4 Å². The van der Waals surface area contributed by atoms with Gasteiger partial charge in [0.05, 0.1) is 0 Å². The highest BCUT2D eigenvalue weighted by Crippen LogP contribution is 2.49. The van der Waals surface area contributed by atoms with E-state index in [4.69, 9.17) is 11.6 Å². The highest BCUT2D eigenvalue weighted by molar-refractivity contribution is 7.92. The fraction of sp³-hybridized carbons (Fsp3) is 0.538. The molecule has 1 aliphatic rings. The Labute approximate surface area is 127 Å². The van der Waals surface area contributed by atoms with Crippen LogP contribution in [0.5, 0.6) is 0 Å². The number of benzene rings is 1. The summed E-state index contributed by atoms with van der Waals surface area (Å²) in [7, 11) is -2.99. The molecule has 0 spiro atoms. The van der Waals surface area contributed by atoms with Gasteiger partial charge in [0.15, 0.2) is 4.21 Å². The van der Waals surface area contributed by atoms with Gasteiger partial charge < -0.3 is 0 Å². The monoisotopic (exact) mass is 335 g/mol. The van der Waals surface area contributed by atoms with Crippen molar-refractivity contribution in [2.75, 3.05) is 13.3 Å². The zero-order valence-corrected chi connectivity index (χ0v) is 14.1. The van der Waals surface area contributed by atoms with Crippen LogP contribution in [-0.2, 0) is 20.8 Å². The number of rotatable bonds is 5. The molecule has 0 aromatic heterocycles. The van der Waals surface area contributed by atoms with E-state index in [1.807, 2.05) is 6.92 Å². The van der Waals surface area contributed by atoms with Crippen molar-refractivity contribution < 1.29 is 12.6 Å². The third-order valence-electron chi connectivity index (χ3n) is 3.72. The van der Waals surface area contributed by atoms with Crippen LogP contribution >= 0.6 is 11.6 Å². The summed E-state index contributed by atoms with van der Waals surface area (Å²) in [4.78, 5) is 0.725. The Kier molecular flexibility index (Phi) is 4.31. The largest absolute Gasteiger partial charge is 0.255 e. The smallest absolute Gasteiger partial charge is 0.234 e. The predicted octanol–water partition coefficient (Wildman–Crippen LogP) is 2.48. The second kappa shape index (κ2) is 5.40. The molecule has 2 unspecified atom stereocenters. The van der Waals surface area contributed by atoms with E-state index in [0.717, 1.165) is 10.5 Å². The molecule has 20 heavy (non-hydrogen) atoms. The molecular weight excluding hydrogens is 318 g/mol. The van der Waals surface area contributed by atoms with Crippen LogP contribution in [0.4, 0.5) is 0 Å². The average molecular weight is 336 g/mol. The minimum absolute atomic E-state index is 0.310. The topological polar surface area (TPSA) is 54.5 Å². The minimum atomic E-state index is -3.50. The molecule has 1 saturated carbocycles. The summed E-state index contributed by atoms with van der Waals surface area (Å²) < 4.78 is 36.3. The molecular formula is C13H18ClNO3S2. The molecule has 1 aromatic rings. The molecule has 0 N–H and O–H groups in total. The molecule has 0 saturated heterocycles. The quantitative estimate of drug-likeness (QED) is 0.777. The van der Waals surface area contributed by atoms with E-state index in [9.17, 15) is 12.6 Å². The molecule has 1 aromatic carbocycles. The number of hydrogen-bond donors (Lipinski definition) is 0. The second-order valence-corrected chi connectivity index (χ2v) is 9.74. The van der Waals surface area contributed by atoms with Crippen molar-refractivity contribution in [2.24, 2.45) is 0 Å². The van der Waals surface area contributed by atoms with Crippen LogP contribution in [-0.4, -0.2) is 34.4 Å². The van der Waals surface area contributed by atoms with Gasteiger partial charge in [-0.2, -0.15) is 4.31 Å². The standard InChI is InChI=1S/C13H18ClNO3S2/c1-10(11-4-6-12(7-5-11)19(3)16)15(2)20(17,18)13(14)8-9-13/h4-7,10H,8-9H2,1-3H3. The summed E-state index contributed by atoms with van der Waals surface area (Å²) >= 11 is 6.06. The van der Waals surface area contributed by atoms with Crippen molar-refractivity contribution in [1.29, 1.82) is 0 Å². The van der Waals surface area contributed by atoms with E-state index in [1.165, 1.54) is 4.31 Å². The lowest BCUT2D eigenvalue weighted by molar-refractivity contribution is 0.395. The fourth-order valence-electron chi connectivity index (χ4n) is 1.97. The number of sulfonamides is 1. The normalized spacial score (nSPS) is 20.6. The minimum Gasteiger partial charge on any atom is -0.255 e. The van der Waals surface area contributed by atoms with Crippen LogP contribution in [0.15, 0.2) is 29.2 Å². The van der Waals surface area contributed by atoms with Crippen LogP contribution in [0.25, 0.3) is 0 Å². The Morgan fingerprint density at radius 2 is 1.80 bits per heavy atom. The molecule has 0 aliphatic heterocycles. The first-order valence-corrected chi connectivity index (χ1v) is 9.66. The Balaban J connectivity index is 2.22. The summed E-state index contributed by atoms with van der Waals surface area (Å²) in [5.74, 6) is 0. The zero-order valence-electron chi connectivity index (χ0n) is 11.7. The lowest BCUT2D eigenvalue weighted by Crippen LogP contribution is -2.36. The van der Waals surface area contributed by atoms with Gasteiger partial charge in [0.1, 0.15) is 0 Å².